The number of fused-ring (bicyclic) bond motifs is 1. The van der Waals surface area contributed by atoms with E-state index in [1.54, 1.807) is 0 Å². The fraction of sp³-hybridized carbons (Fsp3) is 1.00. The van der Waals surface area contributed by atoms with Crippen molar-refractivity contribution in [3.63, 3.8) is 0 Å². The van der Waals surface area contributed by atoms with Crippen LogP contribution in [0.1, 0.15) is 13.3 Å². The molecule has 0 amide bonds. The lowest BCUT2D eigenvalue weighted by Crippen LogP contribution is -2.23. The summed E-state index contributed by atoms with van der Waals surface area (Å²) in [5.41, 5.74) is 0. The third-order valence-corrected chi connectivity index (χ3v) is 2.99. The fourth-order valence-electron chi connectivity index (χ4n) is 2.42. The minimum atomic E-state index is -0.0742. The third-order valence-electron chi connectivity index (χ3n) is 2.99. The largest absolute Gasteiger partial charge is 0.393 e. The Bertz CT molecular complexity index is 123. The summed E-state index contributed by atoms with van der Waals surface area (Å²) in [4.78, 5) is 0. The Morgan fingerprint density at radius 1 is 1.50 bits per heavy atom. The Morgan fingerprint density at radius 2 is 2.30 bits per heavy atom. The lowest BCUT2D eigenvalue weighted by molar-refractivity contribution is 0.160. The SMILES string of the molecule is CC(O)C1C2CCNCC21. The first-order valence-electron chi connectivity index (χ1n) is 4.19. The molecule has 1 aliphatic heterocycles. The molecule has 1 saturated heterocycles. The topological polar surface area (TPSA) is 32.3 Å². The van der Waals surface area contributed by atoms with Crippen LogP contribution in [0.4, 0.5) is 0 Å². The first-order chi connectivity index (χ1) is 4.80. The van der Waals surface area contributed by atoms with Crippen LogP contribution in [0, 0.1) is 17.8 Å². The van der Waals surface area contributed by atoms with E-state index in [2.05, 4.69) is 5.32 Å². The summed E-state index contributed by atoms with van der Waals surface area (Å²) in [6.45, 7) is 4.22. The van der Waals surface area contributed by atoms with Crippen molar-refractivity contribution in [2.75, 3.05) is 13.1 Å². The number of hydrogen-bond donors (Lipinski definition) is 2. The van der Waals surface area contributed by atoms with Gasteiger partial charge in [0, 0.05) is 0 Å². The molecule has 0 radical (unpaired) electrons. The van der Waals surface area contributed by atoms with Crippen molar-refractivity contribution in [2.45, 2.75) is 19.4 Å². The molecule has 10 heavy (non-hydrogen) atoms. The smallest absolute Gasteiger partial charge is 0.0546 e. The van der Waals surface area contributed by atoms with Crippen molar-refractivity contribution < 1.29 is 5.11 Å². The summed E-state index contributed by atoms with van der Waals surface area (Å²) >= 11 is 0. The van der Waals surface area contributed by atoms with Gasteiger partial charge in [-0.05, 0) is 44.2 Å². The zero-order valence-electron chi connectivity index (χ0n) is 6.38. The van der Waals surface area contributed by atoms with Crippen LogP contribution >= 0.6 is 0 Å². The average molecular weight is 141 g/mol. The van der Waals surface area contributed by atoms with Crippen molar-refractivity contribution >= 4 is 0 Å². The monoisotopic (exact) mass is 141 g/mol. The molecule has 58 valence electrons. The van der Waals surface area contributed by atoms with Gasteiger partial charge in [-0.3, -0.25) is 0 Å². The average Bonchev–Trinajstić information content (AvgIpc) is 2.60. The fourth-order valence-corrected chi connectivity index (χ4v) is 2.42. The molecule has 1 heterocycles. The zero-order chi connectivity index (χ0) is 7.14. The Balaban J connectivity index is 1.93. The van der Waals surface area contributed by atoms with Gasteiger partial charge in [-0.15, -0.1) is 0 Å². The number of hydrogen-bond acceptors (Lipinski definition) is 2. The first-order valence-corrected chi connectivity index (χ1v) is 4.19. The quantitative estimate of drug-likeness (QED) is 0.547. The van der Waals surface area contributed by atoms with Crippen molar-refractivity contribution in [3.8, 4) is 0 Å². The normalized spacial score (nSPS) is 48.0. The predicted molar refractivity (Wildman–Crippen MR) is 39.6 cm³/mol. The minimum Gasteiger partial charge on any atom is -0.393 e. The highest BCUT2D eigenvalue weighted by Gasteiger charge is 2.52. The number of nitrogens with one attached hydrogen (secondary N) is 1. The molecule has 4 unspecified atom stereocenters. The summed E-state index contributed by atoms with van der Waals surface area (Å²) < 4.78 is 0. The van der Waals surface area contributed by atoms with Crippen LogP contribution in [0.5, 0.6) is 0 Å². The van der Waals surface area contributed by atoms with Gasteiger partial charge in [-0.1, -0.05) is 0 Å². The Hall–Kier alpha value is -0.0800. The van der Waals surface area contributed by atoms with E-state index >= 15 is 0 Å². The van der Waals surface area contributed by atoms with Crippen molar-refractivity contribution in [3.05, 3.63) is 0 Å². The van der Waals surface area contributed by atoms with Crippen molar-refractivity contribution in [1.29, 1.82) is 0 Å². The molecule has 1 aliphatic carbocycles. The van der Waals surface area contributed by atoms with E-state index in [0.29, 0.717) is 5.92 Å². The van der Waals surface area contributed by atoms with Gasteiger partial charge in [0.15, 0.2) is 0 Å². The molecule has 0 spiro atoms. The maximum absolute atomic E-state index is 9.30. The highest BCUT2D eigenvalue weighted by molar-refractivity contribution is 5.02. The van der Waals surface area contributed by atoms with Crippen molar-refractivity contribution in [1.82, 2.24) is 5.32 Å². The van der Waals surface area contributed by atoms with Crippen molar-refractivity contribution in [2.24, 2.45) is 17.8 Å². The van der Waals surface area contributed by atoms with E-state index < -0.39 is 0 Å². The highest BCUT2D eigenvalue weighted by atomic mass is 16.3. The number of aliphatic hydroxyl groups is 1. The van der Waals surface area contributed by atoms with Gasteiger partial charge in [-0.25, -0.2) is 0 Å². The van der Waals surface area contributed by atoms with Crippen LogP contribution in [0.25, 0.3) is 0 Å². The molecule has 2 heteroatoms. The molecule has 4 atom stereocenters. The van der Waals surface area contributed by atoms with Gasteiger partial charge < -0.3 is 10.4 Å². The standard InChI is InChI=1S/C8H15NO/c1-5(10)8-6-2-3-9-4-7(6)8/h5-10H,2-4H2,1H3. The van der Waals surface area contributed by atoms with E-state index in [1.165, 1.54) is 6.42 Å². The van der Waals surface area contributed by atoms with Gasteiger partial charge in [0.05, 0.1) is 6.10 Å². The Labute approximate surface area is 61.6 Å². The van der Waals surface area contributed by atoms with E-state index in [0.717, 1.165) is 24.9 Å². The van der Waals surface area contributed by atoms with E-state index in [1.807, 2.05) is 6.92 Å². The molecule has 2 rings (SSSR count). The van der Waals surface area contributed by atoms with Crippen LogP contribution in [-0.2, 0) is 0 Å². The van der Waals surface area contributed by atoms with Gasteiger partial charge in [0.2, 0.25) is 0 Å². The van der Waals surface area contributed by atoms with Gasteiger partial charge >= 0.3 is 0 Å². The lowest BCUT2D eigenvalue weighted by atomic mass is 10.2. The molecule has 2 N–H and O–H groups in total. The van der Waals surface area contributed by atoms with E-state index in [4.69, 9.17) is 0 Å². The summed E-state index contributed by atoms with van der Waals surface area (Å²) in [7, 11) is 0. The van der Waals surface area contributed by atoms with E-state index in [-0.39, 0.29) is 6.10 Å². The molecule has 0 aromatic carbocycles. The van der Waals surface area contributed by atoms with Crippen LogP contribution in [-0.4, -0.2) is 24.3 Å². The van der Waals surface area contributed by atoms with Gasteiger partial charge in [0.25, 0.3) is 0 Å². The van der Waals surface area contributed by atoms with Crippen LogP contribution in [0.3, 0.4) is 0 Å². The number of rotatable bonds is 1. The molecule has 2 nitrogen and oxygen atoms in total. The second kappa shape index (κ2) is 2.21. The molecule has 2 aliphatic rings. The molecule has 0 aromatic rings. The Morgan fingerprint density at radius 3 is 2.80 bits per heavy atom. The second-order valence-electron chi connectivity index (χ2n) is 3.64. The van der Waals surface area contributed by atoms with Crippen LogP contribution in [0.2, 0.25) is 0 Å². The molecule has 1 saturated carbocycles. The molecular formula is C8H15NO. The number of aliphatic hydroxyl groups excluding tert-OH is 1. The Kier molecular flexibility index (Phi) is 1.46. The minimum absolute atomic E-state index is 0.0742. The summed E-state index contributed by atoms with van der Waals surface area (Å²) in [5.74, 6) is 2.27. The number of piperidine rings is 1. The summed E-state index contributed by atoms with van der Waals surface area (Å²) in [6.07, 6.45) is 1.20. The molecule has 2 fully saturated rings. The van der Waals surface area contributed by atoms with Gasteiger partial charge in [0.1, 0.15) is 0 Å². The van der Waals surface area contributed by atoms with Crippen LogP contribution in [0.15, 0.2) is 0 Å². The maximum atomic E-state index is 9.30. The van der Waals surface area contributed by atoms with Gasteiger partial charge in [-0.2, -0.15) is 0 Å². The summed E-state index contributed by atoms with van der Waals surface area (Å²) in [6, 6.07) is 0. The first kappa shape index (κ1) is 6.62. The predicted octanol–water partition coefficient (Wildman–Crippen LogP) is 0.223. The van der Waals surface area contributed by atoms with Crippen LogP contribution < -0.4 is 5.32 Å². The lowest BCUT2D eigenvalue weighted by Gasteiger charge is -2.07. The molecule has 0 aromatic heterocycles. The molecule has 0 bridgehead atoms. The highest BCUT2D eigenvalue weighted by Crippen LogP contribution is 2.51. The summed E-state index contributed by atoms with van der Waals surface area (Å²) in [5, 5.41) is 12.6. The zero-order valence-corrected chi connectivity index (χ0v) is 6.38. The third kappa shape index (κ3) is 0.867. The van der Waals surface area contributed by atoms with E-state index in [9.17, 15) is 5.11 Å². The maximum Gasteiger partial charge on any atom is 0.0546 e. The molecular weight excluding hydrogens is 126 g/mol. The second-order valence-corrected chi connectivity index (χ2v) is 3.64.